The predicted octanol–water partition coefficient (Wildman–Crippen LogP) is 5.16. The maximum Gasteiger partial charge on any atom is 0.390 e. The highest BCUT2D eigenvalue weighted by Gasteiger charge is 2.27. The Morgan fingerprint density at radius 2 is 1.79 bits per heavy atom. The zero-order valence-electron chi connectivity index (χ0n) is 21.0. The highest BCUT2D eigenvalue weighted by molar-refractivity contribution is 7.90. The fourth-order valence-corrected chi connectivity index (χ4v) is 5.29. The molecule has 2 heterocycles. The van der Waals surface area contributed by atoms with Crippen LogP contribution in [0.1, 0.15) is 36.3 Å². The van der Waals surface area contributed by atoms with Gasteiger partial charge in [-0.15, -0.1) is 11.3 Å². The molecule has 0 saturated carbocycles. The topological polar surface area (TPSA) is 161 Å². The number of allylic oxidation sites excluding steroid dienone is 2. The molecule has 1 aliphatic rings. The van der Waals surface area contributed by atoms with Crippen molar-refractivity contribution in [1.82, 2.24) is 4.98 Å². The van der Waals surface area contributed by atoms with Gasteiger partial charge >= 0.3 is 7.60 Å². The summed E-state index contributed by atoms with van der Waals surface area (Å²) < 4.78 is 51.9. The Kier molecular flexibility index (Phi) is 8.28. The second kappa shape index (κ2) is 11.3. The van der Waals surface area contributed by atoms with Gasteiger partial charge in [-0.05, 0) is 68.8 Å². The van der Waals surface area contributed by atoms with Gasteiger partial charge in [0.05, 0.1) is 11.0 Å². The number of hydrogen-bond donors (Lipinski definition) is 3. The molecular formula is C25H25N2O9PS2. The first-order valence-corrected chi connectivity index (χ1v) is 15.9. The normalized spacial score (nSPS) is 13.8. The molecule has 0 bridgehead atoms. The first kappa shape index (κ1) is 28.5. The lowest BCUT2D eigenvalue weighted by Gasteiger charge is -2.16. The third-order valence-electron chi connectivity index (χ3n) is 5.08. The van der Waals surface area contributed by atoms with Crippen LogP contribution in [-0.2, 0) is 19.1 Å². The number of benzene rings is 2. The van der Waals surface area contributed by atoms with E-state index in [-0.39, 0.29) is 33.9 Å². The lowest BCUT2D eigenvalue weighted by atomic mass is 10.2. The maximum atomic E-state index is 13.1. The smallest absolute Gasteiger partial charge is 0.390 e. The van der Waals surface area contributed by atoms with E-state index >= 15 is 0 Å². The van der Waals surface area contributed by atoms with Gasteiger partial charge in [0, 0.05) is 23.3 Å². The second-order valence-corrected chi connectivity index (χ2v) is 13.1. The van der Waals surface area contributed by atoms with Crippen molar-refractivity contribution in [2.24, 2.45) is 0 Å². The van der Waals surface area contributed by atoms with Gasteiger partial charge in [-0.25, -0.2) is 13.4 Å². The summed E-state index contributed by atoms with van der Waals surface area (Å²) in [6.45, 7) is 3.67. The fraction of sp³-hybridized carbons (Fsp3) is 0.200. The first-order valence-electron chi connectivity index (χ1n) is 11.5. The van der Waals surface area contributed by atoms with Crippen molar-refractivity contribution in [3.63, 3.8) is 0 Å². The van der Waals surface area contributed by atoms with Crippen molar-refractivity contribution in [2.45, 2.75) is 31.3 Å². The minimum Gasteiger partial charge on any atom is -0.491 e. The molecule has 0 fully saturated rings. The van der Waals surface area contributed by atoms with Crippen molar-refractivity contribution in [1.29, 1.82) is 0 Å². The summed E-state index contributed by atoms with van der Waals surface area (Å²) in [6.07, 6.45) is 4.12. The number of carbonyl (C=O) groups excluding carboxylic acids is 1. The van der Waals surface area contributed by atoms with Gasteiger partial charge in [0.1, 0.15) is 22.9 Å². The molecule has 1 aliphatic heterocycles. The molecule has 0 unspecified atom stereocenters. The van der Waals surface area contributed by atoms with E-state index in [1.165, 1.54) is 36.4 Å². The van der Waals surface area contributed by atoms with Crippen molar-refractivity contribution < 1.29 is 41.8 Å². The first-order chi connectivity index (χ1) is 18.3. The van der Waals surface area contributed by atoms with Crippen LogP contribution in [0.4, 0.5) is 5.13 Å². The summed E-state index contributed by atoms with van der Waals surface area (Å²) in [5, 5.41) is 4.53. The monoisotopic (exact) mass is 592 g/mol. The number of carbonyl (C=O) groups is 1. The molecule has 0 radical (unpaired) electrons. The van der Waals surface area contributed by atoms with Crippen LogP contribution in [0.3, 0.4) is 0 Å². The zero-order valence-corrected chi connectivity index (χ0v) is 23.5. The standard InChI is InChI=1S/C25H25N2O9PS2/c1-15(2)34-18-11-16(12-19(13-18)35-17-7-9-20(10-8-17)39(3,32)33)24(28)27-25-26-21(14-38-25)22-5-4-6-23(36-22)37(29,30)31/h5-15H,4H2,1-3H3,(H,26,27,28)(H2,29,30,31). The highest BCUT2D eigenvalue weighted by atomic mass is 32.2. The summed E-state index contributed by atoms with van der Waals surface area (Å²) in [4.78, 5) is 36.3. The largest absolute Gasteiger partial charge is 0.491 e. The SMILES string of the molecule is CC(C)Oc1cc(Oc2ccc(S(C)(=O)=O)cc2)cc(C(=O)Nc2nc(C3=CCC=C(P(=O)(O)O)O3)cs2)c1. The number of anilines is 1. The molecule has 3 N–H and O–H groups in total. The molecule has 11 nitrogen and oxygen atoms in total. The van der Waals surface area contributed by atoms with Crippen LogP contribution in [0.15, 0.2) is 70.4 Å². The van der Waals surface area contributed by atoms with Crippen molar-refractivity contribution in [2.75, 3.05) is 11.6 Å². The number of rotatable bonds is 9. The Hall–Kier alpha value is -3.48. The Balaban J connectivity index is 1.53. The van der Waals surface area contributed by atoms with E-state index < -0.39 is 28.8 Å². The van der Waals surface area contributed by atoms with E-state index in [0.717, 1.165) is 17.6 Å². The molecule has 2 aromatic carbocycles. The minimum atomic E-state index is -4.56. The molecule has 0 atom stereocenters. The van der Waals surface area contributed by atoms with E-state index in [4.69, 9.17) is 14.2 Å². The van der Waals surface area contributed by atoms with E-state index in [1.54, 1.807) is 23.6 Å². The van der Waals surface area contributed by atoms with Crippen LogP contribution < -0.4 is 14.8 Å². The third kappa shape index (κ3) is 7.55. The molecule has 4 rings (SSSR count). The summed E-state index contributed by atoms with van der Waals surface area (Å²) in [7, 11) is -7.91. The molecule has 1 amide bonds. The Morgan fingerprint density at radius 3 is 2.44 bits per heavy atom. The predicted molar refractivity (Wildman–Crippen MR) is 146 cm³/mol. The Morgan fingerprint density at radius 1 is 1.10 bits per heavy atom. The van der Waals surface area contributed by atoms with Crippen molar-refractivity contribution in [3.05, 3.63) is 76.8 Å². The Labute approximate surface area is 228 Å². The summed E-state index contributed by atoms with van der Waals surface area (Å²) in [5.74, 6) is 0.721. The highest BCUT2D eigenvalue weighted by Crippen LogP contribution is 2.49. The molecule has 0 saturated heterocycles. The van der Waals surface area contributed by atoms with Gasteiger partial charge in [-0.1, -0.05) is 0 Å². The van der Waals surface area contributed by atoms with Gasteiger partial charge in [0.25, 0.3) is 5.91 Å². The lowest BCUT2D eigenvalue weighted by Crippen LogP contribution is -2.13. The number of thiazole rings is 1. The zero-order chi connectivity index (χ0) is 28.4. The Bertz CT molecular complexity index is 1600. The van der Waals surface area contributed by atoms with Crippen LogP contribution in [-0.4, -0.2) is 41.5 Å². The quantitative estimate of drug-likeness (QED) is 0.283. The van der Waals surface area contributed by atoms with Gasteiger partial charge in [0.2, 0.25) is 5.50 Å². The van der Waals surface area contributed by atoms with Gasteiger partial charge < -0.3 is 24.0 Å². The van der Waals surface area contributed by atoms with Crippen molar-refractivity contribution in [3.8, 4) is 17.2 Å². The van der Waals surface area contributed by atoms with E-state index in [1.807, 2.05) is 13.8 Å². The number of nitrogens with one attached hydrogen (secondary N) is 1. The van der Waals surface area contributed by atoms with Crippen molar-refractivity contribution >= 4 is 45.6 Å². The minimum absolute atomic E-state index is 0.151. The average molecular weight is 593 g/mol. The molecule has 14 heteroatoms. The third-order valence-corrected chi connectivity index (χ3v) is 7.81. The molecule has 1 aromatic heterocycles. The lowest BCUT2D eigenvalue weighted by molar-refractivity contribution is 0.102. The number of ether oxygens (including phenoxy) is 3. The second-order valence-electron chi connectivity index (χ2n) is 8.69. The molecule has 0 spiro atoms. The summed E-state index contributed by atoms with van der Waals surface area (Å²) >= 11 is 1.11. The van der Waals surface area contributed by atoms with E-state index in [9.17, 15) is 27.6 Å². The number of amides is 1. The van der Waals surface area contributed by atoms with Gasteiger partial charge in [0.15, 0.2) is 20.7 Å². The fourth-order valence-electron chi connectivity index (χ4n) is 3.40. The number of sulfone groups is 1. The van der Waals surface area contributed by atoms with Gasteiger partial charge in [-0.2, -0.15) is 0 Å². The van der Waals surface area contributed by atoms with Gasteiger partial charge in [-0.3, -0.25) is 14.7 Å². The van der Waals surface area contributed by atoms with Crippen LogP contribution >= 0.6 is 18.9 Å². The number of hydrogen-bond acceptors (Lipinski definition) is 9. The molecular weight excluding hydrogens is 567 g/mol. The number of aromatic nitrogens is 1. The van der Waals surface area contributed by atoms with Crippen LogP contribution in [0, 0.1) is 0 Å². The summed E-state index contributed by atoms with van der Waals surface area (Å²) in [5.41, 5.74) is 0.0827. The molecule has 39 heavy (non-hydrogen) atoms. The molecule has 3 aromatic rings. The summed E-state index contributed by atoms with van der Waals surface area (Å²) in [6, 6.07) is 10.5. The molecule has 206 valence electrons. The maximum absolute atomic E-state index is 13.1. The average Bonchev–Trinajstić information content (AvgIpc) is 3.31. The van der Waals surface area contributed by atoms with Crippen LogP contribution in [0.25, 0.3) is 5.76 Å². The molecule has 0 aliphatic carbocycles. The van der Waals surface area contributed by atoms with E-state index in [0.29, 0.717) is 22.9 Å². The van der Waals surface area contributed by atoms with Crippen LogP contribution in [0.5, 0.6) is 17.2 Å². The number of nitrogens with zero attached hydrogens (tertiary/aromatic N) is 1. The van der Waals surface area contributed by atoms with E-state index in [2.05, 4.69) is 10.3 Å². The van der Waals surface area contributed by atoms with Crippen LogP contribution in [0.2, 0.25) is 0 Å².